The van der Waals surface area contributed by atoms with Crippen LogP contribution in [0.2, 0.25) is 6.32 Å². The summed E-state index contributed by atoms with van der Waals surface area (Å²) in [6.45, 7) is 7.31. The highest BCUT2D eigenvalue weighted by Crippen LogP contribution is 2.57. The predicted molar refractivity (Wildman–Crippen MR) is 102 cm³/mol. The Morgan fingerprint density at radius 2 is 1.81 bits per heavy atom. The van der Waals surface area contributed by atoms with Gasteiger partial charge in [0.05, 0.1) is 20.6 Å². The fourth-order valence-electron chi connectivity index (χ4n) is 1.59. The van der Waals surface area contributed by atoms with Crippen LogP contribution in [0.3, 0.4) is 0 Å². The summed E-state index contributed by atoms with van der Waals surface area (Å²) in [4.78, 5) is 0. The lowest BCUT2D eigenvalue weighted by molar-refractivity contribution is 0.163. The lowest BCUT2D eigenvalue weighted by atomic mass is 10.0. The van der Waals surface area contributed by atoms with Crippen molar-refractivity contribution in [2.45, 2.75) is 56.0 Å². The standard InChI is InChI=1S/C10H20BO2PS3.2CH4O/c1-8-9(10(2,3)17-16-8)13-14(15)12-7-5-4-6-11;2*1-2/h8-9,15H,4-7H2,1-3H3;2*2H,1H3. The Balaban J connectivity index is 0. The first kappa shape index (κ1) is 24.6. The van der Waals surface area contributed by atoms with Crippen molar-refractivity contribution in [1.82, 2.24) is 0 Å². The SMILES string of the molecule is CO.CO.[B]CCCCOP(S)OC1C(C)SSC1(C)C. The highest BCUT2D eigenvalue weighted by molar-refractivity contribution is 8.77. The quantitative estimate of drug-likeness (QED) is 0.208. The van der Waals surface area contributed by atoms with E-state index in [-0.39, 0.29) is 10.9 Å². The Morgan fingerprint density at radius 1 is 1.24 bits per heavy atom. The molecule has 3 atom stereocenters. The van der Waals surface area contributed by atoms with Crippen LogP contribution in [-0.4, -0.2) is 55.0 Å². The zero-order valence-electron chi connectivity index (χ0n) is 13.5. The molecule has 1 fully saturated rings. The Labute approximate surface area is 145 Å². The maximum atomic E-state index is 7.00. The molecule has 1 aliphatic heterocycles. The van der Waals surface area contributed by atoms with Crippen molar-refractivity contribution in [2.24, 2.45) is 0 Å². The molecular weight excluding hydrogens is 346 g/mol. The van der Waals surface area contributed by atoms with Crippen LogP contribution in [0, 0.1) is 0 Å². The molecule has 0 bridgehead atoms. The smallest absolute Gasteiger partial charge is 0.235 e. The molecule has 0 aromatic heterocycles. The normalized spacial score (nSPS) is 24.4. The van der Waals surface area contributed by atoms with E-state index in [0.29, 0.717) is 18.2 Å². The summed E-state index contributed by atoms with van der Waals surface area (Å²) in [5.41, 5.74) is 0. The highest BCUT2D eigenvalue weighted by Gasteiger charge is 2.43. The van der Waals surface area contributed by atoms with Gasteiger partial charge in [-0.3, -0.25) is 0 Å². The largest absolute Gasteiger partial charge is 0.400 e. The topological polar surface area (TPSA) is 58.9 Å². The summed E-state index contributed by atoms with van der Waals surface area (Å²) < 4.78 is 11.7. The van der Waals surface area contributed by atoms with Gasteiger partial charge >= 0.3 is 0 Å². The number of hydrogen-bond donors (Lipinski definition) is 3. The summed E-state index contributed by atoms with van der Waals surface area (Å²) in [5, 5.41) is 14.5. The minimum absolute atomic E-state index is 0.133. The van der Waals surface area contributed by atoms with E-state index in [1.807, 2.05) is 21.6 Å². The van der Waals surface area contributed by atoms with Gasteiger partial charge in [-0.05, 0) is 27.2 Å². The molecule has 4 nitrogen and oxygen atoms in total. The van der Waals surface area contributed by atoms with E-state index in [1.165, 1.54) is 0 Å². The average molecular weight is 374 g/mol. The first-order chi connectivity index (χ1) is 9.97. The molecule has 2 radical (unpaired) electrons. The number of unbranched alkanes of at least 4 members (excludes halogenated alkanes) is 1. The van der Waals surface area contributed by atoms with E-state index in [2.05, 4.69) is 33.0 Å². The summed E-state index contributed by atoms with van der Waals surface area (Å²) in [7, 11) is 10.1. The summed E-state index contributed by atoms with van der Waals surface area (Å²) in [5.74, 6) is 0. The first-order valence-corrected chi connectivity index (χ1v) is 11.2. The molecule has 1 rings (SSSR count). The van der Waals surface area contributed by atoms with Crippen molar-refractivity contribution >= 4 is 49.3 Å². The van der Waals surface area contributed by atoms with Crippen LogP contribution in [0.1, 0.15) is 33.6 Å². The van der Waals surface area contributed by atoms with Crippen LogP contribution in [0.15, 0.2) is 0 Å². The van der Waals surface area contributed by atoms with Crippen molar-refractivity contribution in [2.75, 3.05) is 20.8 Å². The number of hydrogen-bond acceptors (Lipinski definition) is 7. The monoisotopic (exact) mass is 374 g/mol. The van der Waals surface area contributed by atoms with E-state index < -0.39 is 7.58 Å². The van der Waals surface area contributed by atoms with Gasteiger partial charge in [-0.25, -0.2) is 0 Å². The van der Waals surface area contributed by atoms with Crippen LogP contribution in [0.4, 0.5) is 0 Å². The lowest BCUT2D eigenvalue weighted by Gasteiger charge is -2.28. The molecule has 1 saturated heterocycles. The Kier molecular flexibility index (Phi) is 17.5. The third-order valence-corrected chi connectivity index (χ3v) is 7.77. The van der Waals surface area contributed by atoms with Gasteiger partial charge in [0, 0.05) is 24.2 Å². The second-order valence-corrected chi connectivity index (χ2v) is 9.74. The molecule has 0 amide bonds. The zero-order chi connectivity index (χ0) is 16.9. The molecule has 1 heterocycles. The van der Waals surface area contributed by atoms with Gasteiger partial charge in [-0.1, -0.05) is 46.6 Å². The summed E-state index contributed by atoms with van der Waals surface area (Å²) >= 11 is 4.40. The van der Waals surface area contributed by atoms with Gasteiger partial charge < -0.3 is 19.3 Å². The summed E-state index contributed by atoms with van der Waals surface area (Å²) in [6, 6.07) is 0. The van der Waals surface area contributed by atoms with Crippen molar-refractivity contribution < 1.29 is 19.3 Å². The Morgan fingerprint density at radius 3 is 2.24 bits per heavy atom. The number of thiol groups is 1. The van der Waals surface area contributed by atoms with Gasteiger partial charge in [-0.2, -0.15) is 0 Å². The maximum absolute atomic E-state index is 7.00. The fourth-order valence-corrected chi connectivity index (χ4v) is 6.40. The number of rotatable bonds is 7. The van der Waals surface area contributed by atoms with Gasteiger partial charge in [0.25, 0.3) is 0 Å². The van der Waals surface area contributed by atoms with Crippen molar-refractivity contribution in [3.05, 3.63) is 0 Å². The van der Waals surface area contributed by atoms with Crippen molar-refractivity contribution in [1.29, 1.82) is 0 Å². The molecule has 126 valence electrons. The van der Waals surface area contributed by atoms with E-state index in [0.717, 1.165) is 27.1 Å². The highest BCUT2D eigenvalue weighted by atomic mass is 33.1. The van der Waals surface area contributed by atoms with E-state index in [9.17, 15) is 0 Å². The third-order valence-electron chi connectivity index (χ3n) is 2.53. The van der Waals surface area contributed by atoms with Crippen LogP contribution in [0.25, 0.3) is 0 Å². The van der Waals surface area contributed by atoms with E-state index in [4.69, 9.17) is 27.1 Å². The zero-order valence-corrected chi connectivity index (χ0v) is 16.9. The molecule has 0 aromatic carbocycles. The van der Waals surface area contributed by atoms with Gasteiger partial charge in [-0.15, -0.1) is 0 Å². The van der Waals surface area contributed by atoms with E-state index >= 15 is 0 Å². The van der Waals surface area contributed by atoms with Crippen molar-refractivity contribution in [3.8, 4) is 0 Å². The van der Waals surface area contributed by atoms with Crippen LogP contribution < -0.4 is 0 Å². The third kappa shape index (κ3) is 10.7. The average Bonchev–Trinajstić information content (AvgIpc) is 2.75. The lowest BCUT2D eigenvalue weighted by Crippen LogP contribution is -2.35. The van der Waals surface area contributed by atoms with E-state index in [1.54, 1.807) is 0 Å². The van der Waals surface area contributed by atoms with Crippen LogP contribution in [0.5, 0.6) is 0 Å². The maximum Gasteiger partial charge on any atom is 0.235 e. The van der Waals surface area contributed by atoms with Crippen molar-refractivity contribution in [3.63, 3.8) is 0 Å². The molecule has 0 aliphatic carbocycles. The van der Waals surface area contributed by atoms with Gasteiger partial charge in [0.15, 0.2) is 0 Å². The molecular formula is C12H28BO4PS3. The van der Waals surface area contributed by atoms with Gasteiger partial charge in [0.2, 0.25) is 7.58 Å². The molecule has 21 heavy (non-hydrogen) atoms. The fraction of sp³-hybridized carbons (Fsp3) is 1.00. The first-order valence-electron chi connectivity index (χ1n) is 6.70. The molecule has 0 saturated carbocycles. The van der Waals surface area contributed by atoms with Gasteiger partial charge in [0.1, 0.15) is 0 Å². The second kappa shape index (κ2) is 14.9. The minimum Gasteiger partial charge on any atom is -0.400 e. The molecule has 0 aromatic rings. The minimum atomic E-state index is -1.07. The van der Waals surface area contributed by atoms with Crippen LogP contribution in [-0.2, 0) is 9.05 Å². The number of aliphatic hydroxyl groups excluding tert-OH is 2. The Hall–Kier alpha value is 1.38. The number of aliphatic hydroxyl groups is 2. The van der Waals surface area contributed by atoms with Crippen LogP contribution >= 0.6 is 41.4 Å². The Bertz CT molecular complexity index is 241. The summed E-state index contributed by atoms with van der Waals surface area (Å²) in [6.07, 6.45) is 2.89. The molecule has 3 unspecified atom stereocenters. The molecule has 1 aliphatic rings. The second-order valence-electron chi connectivity index (χ2n) is 4.58. The molecule has 2 N–H and O–H groups in total. The predicted octanol–water partition coefficient (Wildman–Crippen LogP) is 3.69. The molecule has 0 spiro atoms. The molecule has 9 heteroatoms.